The molecule has 2 heterocycles. The molecule has 0 radical (unpaired) electrons. The Morgan fingerprint density at radius 3 is 2.65 bits per heavy atom. The quantitative estimate of drug-likeness (QED) is 0.283. The fourth-order valence-electron chi connectivity index (χ4n) is 3.46. The normalized spacial score (nSPS) is 11.9. The van der Waals surface area contributed by atoms with E-state index in [4.69, 9.17) is 11.6 Å². The van der Waals surface area contributed by atoms with Crippen molar-refractivity contribution in [2.45, 2.75) is 32.0 Å². The van der Waals surface area contributed by atoms with E-state index in [1.807, 2.05) is 62.4 Å². The van der Waals surface area contributed by atoms with Gasteiger partial charge in [-0.1, -0.05) is 48.9 Å². The van der Waals surface area contributed by atoms with E-state index in [2.05, 4.69) is 19.7 Å². The Labute approximate surface area is 189 Å². The molecule has 0 saturated carbocycles. The van der Waals surface area contributed by atoms with Gasteiger partial charge in [0.2, 0.25) is 5.16 Å². The highest BCUT2D eigenvalue weighted by molar-refractivity contribution is 8.04. The number of aliphatic carboxylic acids is 1. The molecular weight excluding hydrogens is 432 g/mol. The predicted octanol–water partition coefficient (Wildman–Crippen LogP) is 5.55. The summed E-state index contributed by atoms with van der Waals surface area (Å²) in [6.45, 7) is 4.63. The van der Waals surface area contributed by atoms with Crippen LogP contribution in [0.5, 0.6) is 0 Å². The number of carboxylic acids is 1. The molecule has 0 aliphatic rings. The minimum atomic E-state index is -1.01. The number of aromatic nitrogens is 4. The van der Waals surface area contributed by atoms with Crippen molar-refractivity contribution in [2.24, 2.45) is 0 Å². The summed E-state index contributed by atoms with van der Waals surface area (Å²) in [7, 11) is 0. The zero-order valence-electron chi connectivity index (χ0n) is 17.1. The van der Waals surface area contributed by atoms with E-state index >= 15 is 0 Å². The van der Waals surface area contributed by atoms with Crippen molar-refractivity contribution in [1.29, 1.82) is 0 Å². The van der Waals surface area contributed by atoms with Crippen LogP contribution in [0.3, 0.4) is 0 Å². The Hall–Kier alpha value is -3.03. The molecule has 0 fully saturated rings. The number of fused-ring (bicyclic) bond motifs is 1. The molecule has 0 atom stereocenters. The van der Waals surface area contributed by atoms with E-state index < -0.39 is 5.97 Å². The maximum absolute atomic E-state index is 12.0. The minimum absolute atomic E-state index is 0.166. The molecule has 6 nitrogen and oxygen atoms in total. The summed E-state index contributed by atoms with van der Waals surface area (Å²) >= 11 is 7.07. The molecule has 0 saturated heterocycles. The Morgan fingerprint density at radius 1 is 1.23 bits per heavy atom. The van der Waals surface area contributed by atoms with Gasteiger partial charge in [-0.15, -0.1) is 5.10 Å². The maximum Gasteiger partial charge on any atom is 0.342 e. The van der Waals surface area contributed by atoms with Gasteiger partial charge in [0.15, 0.2) is 0 Å². The Bertz CT molecular complexity index is 1270. The lowest BCUT2D eigenvalue weighted by Crippen LogP contribution is -2.02. The number of benzene rings is 2. The fraction of sp³-hybridized carbons (Fsp3) is 0.174. The standard InChI is InChI=1S/C23H21ClN4O2S/c1-3-21-25-23(27-26-21)31-20(22(29)30)12-18-14(2)28(19-7-5-4-6-17(18)19)13-15-8-10-16(24)11-9-15/h4-12H,3,13H2,1-2H3,(H,29,30)(H,25,26,27)/b20-12-. The molecular formula is C23H21ClN4O2S. The Balaban J connectivity index is 1.77. The number of hydrogen-bond donors (Lipinski definition) is 2. The van der Waals surface area contributed by atoms with E-state index in [0.29, 0.717) is 23.1 Å². The van der Waals surface area contributed by atoms with E-state index in [1.165, 1.54) is 0 Å². The van der Waals surface area contributed by atoms with E-state index in [9.17, 15) is 9.90 Å². The summed E-state index contributed by atoms with van der Waals surface area (Å²) in [5, 5.41) is 18.8. The van der Waals surface area contributed by atoms with Gasteiger partial charge >= 0.3 is 5.97 Å². The van der Waals surface area contributed by atoms with Crippen LogP contribution in [0.25, 0.3) is 17.0 Å². The molecule has 4 rings (SSSR count). The molecule has 2 N–H and O–H groups in total. The third-order valence-corrected chi connectivity index (χ3v) is 6.20. The molecule has 31 heavy (non-hydrogen) atoms. The van der Waals surface area contributed by atoms with Crippen LogP contribution in [-0.2, 0) is 17.8 Å². The fourth-order valence-corrected chi connectivity index (χ4v) is 4.30. The van der Waals surface area contributed by atoms with Gasteiger partial charge < -0.3 is 9.67 Å². The smallest absolute Gasteiger partial charge is 0.342 e. The number of aryl methyl sites for hydroxylation is 1. The van der Waals surface area contributed by atoms with Gasteiger partial charge in [-0.05, 0) is 48.5 Å². The number of hydrogen-bond acceptors (Lipinski definition) is 4. The number of carbonyl (C=O) groups is 1. The molecule has 0 bridgehead atoms. The number of rotatable bonds is 7. The minimum Gasteiger partial charge on any atom is -0.477 e. The maximum atomic E-state index is 12.0. The SMILES string of the molecule is CCc1nc(S/C(=C\c2c(C)n(Cc3ccc(Cl)cc3)c3ccccc23)C(=O)O)n[nH]1. The first-order valence-electron chi connectivity index (χ1n) is 9.82. The van der Waals surface area contributed by atoms with Gasteiger partial charge in [0, 0.05) is 40.1 Å². The third kappa shape index (κ3) is 4.52. The number of thioether (sulfide) groups is 1. The molecule has 4 aromatic rings. The summed E-state index contributed by atoms with van der Waals surface area (Å²) in [6.07, 6.45) is 2.42. The van der Waals surface area contributed by atoms with Gasteiger partial charge in [-0.25, -0.2) is 9.78 Å². The van der Waals surface area contributed by atoms with Gasteiger partial charge in [0.1, 0.15) is 10.7 Å². The van der Waals surface area contributed by atoms with Gasteiger partial charge in [-0.2, -0.15) is 0 Å². The molecule has 2 aromatic heterocycles. The first-order chi connectivity index (χ1) is 15.0. The zero-order valence-corrected chi connectivity index (χ0v) is 18.7. The highest BCUT2D eigenvalue weighted by Gasteiger charge is 2.18. The highest BCUT2D eigenvalue weighted by Crippen LogP contribution is 2.32. The van der Waals surface area contributed by atoms with Crippen molar-refractivity contribution in [2.75, 3.05) is 0 Å². The largest absolute Gasteiger partial charge is 0.477 e. The molecule has 158 valence electrons. The zero-order chi connectivity index (χ0) is 22.0. The molecule has 2 aromatic carbocycles. The topological polar surface area (TPSA) is 83.8 Å². The predicted molar refractivity (Wildman–Crippen MR) is 124 cm³/mol. The van der Waals surface area contributed by atoms with Crippen LogP contribution < -0.4 is 0 Å². The van der Waals surface area contributed by atoms with Gasteiger partial charge in [0.05, 0.1) is 0 Å². The van der Waals surface area contributed by atoms with Crippen molar-refractivity contribution in [3.63, 3.8) is 0 Å². The van der Waals surface area contributed by atoms with Crippen LogP contribution in [0.1, 0.15) is 29.6 Å². The molecule has 0 amide bonds. The monoisotopic (exact) mass is 452 g/mol. The van der Waals surface area contributed by atoms with Crippen LogP contribution in [0.2, 0.25) is 5.02 Å². The molecule has 0 aliphatic carbocycles. The van der Waals surface area contributed by atoms with Crippen molar-refractivity contribution in [3.8, 4) is 0 Å². The van der Waals surface area contributed by atoms with Crippen molar-refractivity contribution in [3.05, 3.63) is 81.1 Å². The number of aromatic amines is 1. The van der Waals surface area contributed by atoms with Crippen LogP contribution in [0, 0.1) is 6.92 Å². The third-order valence-electron chi connectivity index (χ3n) is 5.07. The van der Waals surface area contributed by atoms with Crippen LogP contribution in [-0.4, -0.2) is 30.8 Å². The van der Waals surface area contributed by atoms with Crippen molar-refractivity contribution < 1.29 is 9.90 Å². The first kappa shape index (κ1) is 21.2. The summed E-state index contributed by atoms with van der Waals surface area (Å²) in [6, 6.07) is 15.8. The molecule has 0 spiro atoms. The average molecular weight is 453 g/mol. The van der Waals surface area contributed by atoms with Crippen LogP contribution in [0.15, 0.2) is 58.6 Å². The highest BCUT2D eigenvalue weighted by atomic mass is 35.5. The number of nitrogens with one attached hydrogen (secondary N) is 1. The molecule has 0 aliphatic heterocycles. The lowest BCUT2D eigenvalue weighted by Gasteiger charge is -2.09. The number of nitrogens with zero attached hydrogens (tertiary/aromatic N) is 3. The summed E-state index contributed by atoms with van der Waals surface area (Å²) in [4.78, 5) is 16.5. The number of carboxylic acid groups (broad SMARTS) is 1. The average Bonchev–Trinajstić information content (AvgIpc) is 3.33. The lowest BCUT2D eigenvalue weighted by molar-refractivity contribution is -0.131. The number of para-hydroxylation sites is 1. The van der Waals surface area contributed by atoms with E-state index in [-0.39, 0.29) is 4.91 Å². The summed E-state index contributed by atoms with van der Waals surface area (Å²) in [5.74, 6) is -0.287. The summed E-state index contributed by atoms with van der Waals surface area (Å²) in [5.41, 5.74) is 4.02. The van der Waals surface area contributed by atoms with Crippen LogP contribution >= 0.6 is 23.4 Å². The molecule has 8 heteroatoms. The van der Waals surface area contributed by atoms with Crippen LogP contribution in [0.4, 0.5) is 0 Å². The van der Waals surface area contributed by atoms with Gasteiger partial charge in [0.25, 0.3) is 0 Å². The first-order valence-corrected chi connectivity index (χ1v) is 11.0. The second kappa shape index (κ2) is 8.99. The Morgan fingerprint density at radius 2 is 1.97 bits per heavy atom. The second-order valence-electron chi connectivity index (χ2n) is 7.06. The molecule has 0 unspecified atom stereocenters. The second-order valence-corrected chi connectivity index (χ2v) is 8.51. The van der Waals surface area contributed by atoms with Crippen molar-refractivity contribution in [1.82, 2.24) is 19.7 Å². The summed E-state index contributed by atoms with van der Waals surface area (Å²) < 4.78 is 2.19. The lowest BCUT2D eigenvalue weighted by atomic mass is 10.1. The Kier molecular flexibility index (Phi) is 6.15. The number of halogens is 1. The van der Waals surface area contributed by atoms with Gasteiger partial charge in [-0.3, -0.25) is 5.10 Å². The van der Waals surface area contributed by atoms with E-state index in [0.717, 1.165) is 45.3 Å². The number of H-pyrrole nitrogens is 1. The van der Waals surface area contributed by atoms with E-state index in [1.54, 1.807) is 6.08 Å². The van der Waals surface area contributed by atoms with Crippen molar-refractivity contribution >= 4 is 46.3 Å².